The van der Waals surface area contributed by atoms with E-state index < -0.39 is 0 Å². The number of carbonyl (C=O) groups is 1. The number of aryl methyl sites for hydroxylation is 1. The zero-order valence-electron chi connectivity index (χ0n) is 16.4. The van der Waals surface area contributed by atoms with Gasteiger partial charge in [-0.15, -0.1) is 0 Å². The number of morpholine rings is 1. The number of benzene rings is 1. The van der Waals surface area contributed by atoms with Gasteiger partial charge in [0, 0.05) is 37.9 Å². The minimum atomic E-state index is -0.272. The first-order valence-corrected chi connectivity index (χ1v) is 9.58. The number of anilines is 2. The topological polar surface area (TPSA) is 88.6 Å². The summed E-state index contributed by atoms with van der Waals surface area (Å²) in [6.07, 6.45) is 0. The molecule has 2 aromatic rings. The van der Waals surface area contributed by atoms with E-state index in [2.05, 4.69) is 25.5 Å². The Bertz CT molecular complexity index is 776. The number of amides is 1. The standard InChI is InChI=1S/C20H27N5O3/c1-3-28-17-6-4-16(5-7-17)24-20(26)18-14-19(23-15(2)22-18)21-8-9-25-10-12-27-13-11-25/h4-7,14H,3,8-13H2,1-2H3,(H,24,26)(H,21,22,23). The smallest absolute Gasteiger partial charge is 0.274 e. The Hall–Kier alpha value is -2.71. The quantitative estimate of drug-likeness (QED) is 0.720. The van der Waals surface area contributed by atoms with Crippen molar-refractivity contribution in [3.63, 3.8) is 0 Å². The van der Waals surface area contributed by atoms with Crippen LogP contribution in [0.2, 0.25) is 0 Å². The molecular weight excluding hydrogens is 358 g/mol. The second kappa shape index (κ2) is 10.0. The van der Waals surface area contributed by atoms with Crippen LogP contribution in [0.3, 0.4) is 0 Å². The van der Waals surface area contributed by atoms with Crippen molar-refractivity contribution in [2.45, 2.75) is 13.8 Å². The Kier molecular flexibility index (Phi) is 7.16. The molecule has 1 aromatic heterocycles. The van der Waals surface area contributed by atoms with Gasteiger partial charge in [-0.05, 0) is 38.1 Å². The second-order valence-corrected chi connectivity index (χ2v) is 6.48. The van der Waals surface area contributed by atoms with E-state index in [-0.39, 0.29) is 5.91 Å². The SMILES string of the molecule is CCOc1ccc(NC(=O)c2cc(NCCN3CCOCC3)nc(C)n2)cc1. The lowest BCUT2D eigenvalue weighted by molar-refractivity contribution is 0.0398. The van der Waals surface area contributed by atoms with Gasteiger partial charge in [-0.2, -0.15) is 0 Å². The molecule has 1 amide bonds. The van der Waals surface area contributed by atoms with Gasteiger partial charge in [0.1, 0.15) is 23.1 Å². The number of aromatic nitrogens is 2. The molecule has 1 aliphatic rings. The molecule has 1 fully saturated rings. The van der Waals surface area contributed by atoms with Crippen molar-refractivity contribution < 1.29 is 14.3 Å². The van der Waals surface area contributed by atoms with Gasteiger partial charge < -0.3 is 20.1 Å². The van der Waals surface area contributed by atoms with Crippen LogP contribution in [0, 0.1) is 6.92 Å². The van der Waals surface area contributed by atoms with E-state index in [9.17, 15) is 4.79 Å². The molecule has 8 heteroatoms. The van der Waals surface area contributed by atoms with E-state index in [4.69, 9.17) is 9.47 Å². The van der Waals surface area contributed by atoms with E-state index in [1.807, 2.05) is 19.1 Å². The summed E-state index contributed by atoms with van der Waals surface area (Å²) in [4.78, 5) is 23.5. The lowest BCUT2D eigenvalue weighted by Gasteiger charge is -2.26. The summed E-state index contributed by atoms with van der Waals surface area (Å²) >= 11 is 0. The molecule has 1 aliphatic heterocycles. The monoisotopic (exact) mass is 385 g/mol. The summed E-state index contributed by atoms with van der Waals surface area (Å²) in [5.74, 6) is 1.70. The Balaban J connectivity index is 1.57. The molecule has 0 unspecified atom stereocenters. The first kappa shape index (κ1) is 20.0. The lowest BCUT2D eigenvalue weighted by atomic mass is 10.3. The zero-order valence-corrected chi connectivity index (χ0v) is 16.4. The predicted molar refractivity (Wildman–Crippen MR) is 108 cm³/mol. The zero-order chi connectivity index (χ0) is 19.8. The van der Waals surface area contributed by atoms with Crippen molar-refractivity contribution in [3.8, 4) is 5.75 Å². The third kappa shape index (κ3) is 5.90. The van der Waals surface area contributed by atoms with Gasteiger partial charge in [0.25, 0.3) is 5.91 Å². The number of hydrogen-bond donors (Lipinski definition) is 2. The Labute approximate surface area is 165 Å². The fourth-order valence-corrected chi connectivity index (χ4v) is 2.94. The van der Waals surface area contributed by atoms with Gasteiger partial charge in [-0.25, -0.2) is 9.97 Å². The molecule has 0 spiro atoms. The molecular formula is C20H27N5O3. The van der Waals surface area contributed by atoms with Crippen LogP contribution >= 0.6 is 0 Å². The van der Waals surface area contributed by atoms with Crippen LogP contribution in [0.1, 0.15) is 23.2 Å². The average Bonchev–Trinajstić information content (AvgIpc) is 2.70. The highest BCUT2D eigenvalue weighted by Crippen LogP contribution is 2.17. The molecule has 0 saturated carbocycles. The van der Waals surface area contributed by atoms with Crippen LogP contribution in [-0.4, -0.2) is 66.8 Å². The third-order valence-electron chi connectivity index (χ3n) is 4.33. The molecule has 2 N–H and O–H groups in total. The summed E-state index contributed by atoms with van der Waals surface area (Å²) < 4.78 is 10.8. The molecule has 0 bridgehead atoms. The summed E-state index contributed by atoms with van der Waals surface area (Å²) in [6, 6.07) is 8.93. The maximum absolute atomic E-state index is 12.6. The Morgan fingerprint density at radius 2 is 1.96 bits per heavy atom. The molecule has 150 valence electrons. The number of carbonyl (C=O) groups excluding carboxylic acids is 1. The summed E-state index contributed by atoms with van der Waals surface area (Å²) in [7, 11) is 0. The van der Waals surface area contributed by atoms with Crippen molar-refractivity contribution in [1.82, 2.24) is 14.9 Å². The highest BCUT2D eigenvalue weighted by Gasteiger charge is 2.12. The minimum absolute atomic E-state index is 0.272. The molecule has 2 heterocycles. The summed E-state index contributed by atoms with van der Waals surface area (Å²) in [5, 5.41) is 6.14. The number of nitrogens with one attached hydrogen (secondary N) is 2. The predicted octanol–water partition coefficient (Wildman–Crippen LogP) is 2.18. The van der Waals surface area contributed by atoms with Crippen LogP contribution in [0.4, 0.5) is 11.5 Å². The number of nitrogens with zero attached hydrogens (tertiary/aromatic N) is 3. The maximum atomic E-state index is 12.6. The van der Waals surface area contributed by atoms with Gasteiger partial charge >= 0.3 is 0 Å². The normalized spacial score (nSPS) is 14.5. The highest BCUT2D eigenvalue weighted by atomic mass is 16.5. The second-order valence-electron chi connectivity index (χ2n) is 6.48. The van der Waals surface area contributed by atoms with Crippen molar-refractivity contribution in [1.29, 1.82) is 0 Å². The molecule has 0 atom stereocenters. The van der Waals surface area contributed by atoms with Crippen molar-refractivity contribution in [2.75, 3.05) is 56.6 Å². The third-order valence-corrected chi connectivity index (χ3v) is 4.33. The van der Waals surface area contributed by atoms with E-state index in [1.54, 1.807) is 25.1 Å². The van der Waals surface area contributed by atoms with Crippen molar-refractivity contribution in [2.24, 2.45) is 0 Å². The van der Waals surface area contributed by atoms with Crippen LogP contribution < -0.4 is 15.4 Å². The lowest BCUT2D eigenvalue weighted by Crippen LogP contribution is -2.39. The van der Waals surface area contributed by atoms with Crippen LogP contribution in [-0.2, 0) is 4.74 Å². The fraction of sp³-hybridized carbons (Fsp3) is 0.450. The summed E-state index contributed by atoms with van der Waals surface area (Å²) in [6.45, 7) is 9.41. The molecule has 0 aliphatic carbocycles. The van der Waals surface area contributed by atoms with Crippen molar-refractivity contribution >= 4 is 17.4 Å². The molecule has 1 saturated heterocycles. The molecule has 3 rings (SSSR count). The average molecular weight is 385 g/mol. The van der Waals surface area contributed by atoms with Gasteiger partial charge in [0.2, 0.25) is 0 Å². The Morgan fingerprint density at radius 3 is 2.68 bits per heavy atom. The number of hydrogen-bond acceptors (Lipinski definition) is 7. The molecule has 1 aromatic carbocycles. The van der Waals surface area contributed by atoms with Gasteiger partial charge in [0.15, 0.2) is 0 Å². The largest absolute Gasteiger partial charge is 0.494 e. The maximum Gasteiger partial charge on any atom is 0.274 e. The first-order valence-electron chi connectivity index (χ1n) is 9.58. The Morgan fingerprint density at radius 1 is 1.21 bits per heavy atom. The summed E-state index contributed by atoms with van der Waals surface area (Å²) in [5.41, 5.74) is 1.02. The van der Waals surface area contributed by atoms with Gasteiger partial charge in [0.05, 0.1) is 19.8 Å². The number of rotatable bonds is 8. The van der Waals surface area contributed by atoms with E-state index >= 15 is 0 Å². The highest BCUT2D eigenvalue weighted by molar-refractivity contribution is 6.03. The fourth-order valence-electron chi connectivity index (χ4n) is 2.94. The number of ether oxygens (including phenoxy) is 2. The molecule has 28 heavy (non-hydrogen) atoms. The van der Waals surface area contributed by atoms with E-state index in [0.29, 0.717) is 29.6 Å². The molecule has 0 radical (unpaired) electrons. The van der Waals surface area contributed by atoms with Crippen LogP contribution in [0.15, 0.2) is 30.3 Å². The van der Waals surface area contributed by atoms with Crippen LogP contribution in [0.5, 0.6) is 5.75 Å². The minimum Gasteiger partial charge on any atom is -0.494 e. The first-order chi connectivity index (χ1) is 13.6. The van der Waals surface area contributed by atoms with E-state index in [0.717, 1.165) is 45.1 Å². The van der Waals surface area contributed by atoms with E-state index in [1.165, 1.54) is 0 Å². The van der Waals surface area contributed by atoms with Gasteiger partial charge in [-0.3, -0.25) is 9.69 Å². The van der Waals surface area contributed by atoms with Crippen LogP contribution in [0.25, 0.3) is 0 Å². The van der Waals surface area contributed by atoms with Gasteiger partial charge in [-0.1, -0.05) is 0 Å². The molecule has 8 nitrogen and oxygen atoms in total. The van der Waals surface area contributed by atoms with Crippen molar-refractivity contribution in [3.05, 3.63) is 41.9 Å².